The summed E-state index contributed by atoms with van der Waals surface area (Å²) >= 11 is 0. The SMILES string of the molecule is CN1CCCN(C(=O)C2(C(F)(F)F)CCNC2)CC1. The van der Waals surface area contributed by atoms with Gasteiger partial charge in [-0.2, -0.15) is 13.2 Å². The zero-order valence-electron chi connectivity index (χ0n) is 11.1. The first-order chi connectivity index (χ1) is 8.87. The summed E-state index contributed by atoms with van der Waals surface area (Å²) in [5.74, 6) is -0.750. The Balaban J connectivity index is 2.16. The molecule has 2 rings (SSSR count). The molecular formula is C12H20F3N3O. The van der Waals surface area contributed by atoms with E-state index in [1.54, 1.807) is 0 Å². The zero-order valence-corrected chi connectivity index (χ0v) is 11.1. The quantitative estimate of drug-likeness (QED) is 0.767. The zero-order chi connectivity index (χ0) is 14.1. The summed E-state index contributed by atoms with van der Waals surface area (Å²) in [5, 5.41) is 2.69. The molecule has 0 saturated carbocycles. The molecule has 0 aromatic rings. The van der Waals surface area contributed by atoms with E-state index in [4.69, 9.17) is 0 Å². The van der Waals surface area contributed by atoms with E-state index in [1.165, 1.54) is 4.90 Å². The molecule has 0 aromatic heterocycles. The van der Waals surface area contributed by atoms with Crippen LogP contribution in [-0.4, -0.2) is 68.2 Å². The Labute approximate surface area is 110 Å². The maximum Gasteiger partial charge on any atom is 0.404 e. The van der Waals surface area contributed by atoms with Crippen LogP contribution in [0.25, 0.3) is 0 Å². The normalized spacial score (nSPS) is 30.4. The molecule has 1 unspecified atom stereocenters. The van der Waals surface area contributed by atoms with Gasteiger partial charge in [0.15, 0.2) is 5.41 Å². The third-order valence-electron chi connectivity index (χ3n) is 4.11. The number of likely N-dealkylation sites (N-methyl/N-ethyl adjacent to an activating group) is 1. The minimum absolute atomic E-state index is 0.151. The molecule has 1 atom stereocenters. The second-order valence-electron chi connectivity index (χ2n) is 5.46. The van der Waals surface area contributed by atoms with Crippen LogP contribution in [0, 0.1) is 5.41 Å². The lowest BCUT2D eigenvalue weighted by atomic mass is 9.84. The molecular weight excluding hydrogens is 259 g/mol. The van der Waals surface area contributed by atoms with E-state index in [2.05, 4.69) is 5.32 Å². The number of halogens is 3. The molecule has 0 aromatic carbocycles. The molecule has 4 nitrogen and oxygen atoms in total. The van der Waals surface area contributed by atoms with Gasteiger partial charge in [-0.1, -0.05) is 0 Å². The van der Waals surface area contributed by atoms with Crippen LogP contribution in [0.1, 0.15) is 12.8 Å². The summed E-state index contributed by atoms with van der Waals surface area (Å²) in [5.41, 5.74) is -2.21. The lowest BCUT2D eigenvalue weighted by Crippen LogP contribution is -2.54. The third kappa shape index (κ3) is 2.72. The number of amides is 1. The van der Waals surface area contributed by atoms with Crippen LogP contribution in [0.3, 0.4) is 0 Å². The van der Waals surface area contributed by atoms with Gasteiger partial charge >= 0.3 is 6.18 Å². The summed E-state index contributed by atoms with van der Waals surface area (Å²) in [6.07, 6.45) is -3.91. The number of alkyl halides is 3. The highest BCUT2D eigenvalue weighted by molar-refractivity contribution is 5.84. The van der Waals surface area contributed by atoms with Crippen LogP contribution < -0.4 is 5.32 Å². The summed E-state index contributed by atoms with van der Waals surface area (Å²) in [6.45, 7) is 2.21. The first-order valence-electron chi connectivity index (χ1n) is 6.62. The van der Waals surface area contributed by atoms with Gasteiger partial charge in [0.25, 0.3) is 0 Å². The van der Waals surface area contributed by atoms with E-state index >= 15 is 0 Å². The van der Waals surface area contributed by atoms with Gasteiger partial charge in [0.05, 0.1) is 0 Å². The van der Waals surface area contributed by atoms with Gasteiger partial charge in [-0.3, -0.25) is 4.79 Å². The maximum atomic E-state index is 13.3. The molecule has 1 N–H and O–H groups in total. The number of hydrogen-bond acceptors (Lipinski definition) is 3. The van der Waals surface area contributed by atoms with Gasteiger partial charge in [-0.25, -0.2) is 0 Å². The van der Waals surface area contributed by atoms with Crippen molar-refractivity contribution in [3.63, 3.8) is 0 Å². The molecule has 7 heteroatoms. The lowest BCUT2D eigenvalue weighted by molar-refractivity contribution is -0.221. The molecule has 0 radical (unpaired) electrons. The minimum Gasteiger partial charge on any atom is -0.341 e. The van der Waals surface area contributed by atoms with E-state index < -0.39 is 17.5 Å². The first kappa shape index (κ1) is 14.6. The van der Waals surface area contributed by atoms with Crippen LogP contribution in [0.5, 0.6) is 0 Å². The van der Waals surface area contributed by atoms with E-state index in [-0.39, 0.29) is 19.5 Å². The van der Waals surface area contributed by atoms with Crippen molar-refractivity contribution in [2.24, 2.45) is 5.41 Å². The number of nitrogens with zero attached hydrogens (tertiary/aromatic N) is 2. The molecule has 0 spiro atoms. The highest BCUT2D eigenvalue weighted by Gasteiger charge is 2.62. The highest BCUT2D eigenvalue weighted by atomic mass is 19.4. The van der Waals surface area contributed by atoms with Gasteiger partial charge in [0, 0.05) is 26.2 Å². The minimum atomic E-state index is -4.48. The van der Waals surface area contributed by atoms with Gasteiger partial charge in [0.2, 0.25) is 5.91 Å². The van der Waals surface area contributed by atoms with Crippen molar-refractivity contribution in [2.75, 3.05) is 46.3 Å². The van der Waals surface area contributed by atoms with Crippen molar-refractivity contribution in [3.05, 3.63) is 0 Å². The van der Waals surface area contributed by atoms with Gasteiger partial charge < -0.3 is 15.1 Å². The standard InChI is InChI=1S/C12H20F3N3O/c1-17-5-2-6-18(8-7-17)10(19)11(12(13,14)15)3-4-16-9-11/h16H,2-9H2,1H3. The number of nitrogens with one attached hydrogen (secondary N) is 1. The Hall–Kier alpha value is -0.820. The molecule has 0 bridgehead atoms. The van der Waals surface area contributed by atoms with Gasteiger partial charge in [-0.05, 0) is 33.0 Å². The fourth-order valence-corrected chi connectivity index (χ4v) is 2.79. The molecule has 2 fully saturated rings. The van der Waals surface area contributed by atoms with Crippen LogP contribution in [0.4, 0.5) is 13.2 Å². The number of hydrogen-bond donors (Lipinski definition) is 1. The summed E-state index contributed by atoms with van der Waals surface area (Å²) in [4.78, 5) is 15.8. The van der Waals surface area contributed by atoms with Crippen LogP contribution in [0.15, 0.2) is 0 Å². The Morgan fingerprint density at radius 1 is 1.21 bits per heavy atom. The highest BCUT2D eigenvalue weighted by Crippen LogP contribution is 2.44. The monoisotopic (exact) mass is 279 g/mol. The number of rotatable bonds is 1. The molecule has 110 valence electrons. The number of carbonyl (C=O) groups is 1. The Kier molecular flexibility index (Phi) is 4.06. The lowest BCUT2D eigenvalue weighted by Gasteiger charge is -2.34. The molecule has 2 aliphatic rings. The molecule has 1 amide bonds. The van der Waals surface area contributed by atoms with E-state index in [1.807, 2.05) is 11.9 Å². The Morgan fingerprint density at radius 2 is 1.95 bits per heavy atom. The van der Waals surface area contributed by atoms with E-state index in [0.717, 1.165) is 13.0 Å². The fraction of sp³-hybridized carbons (Fsp3) is 0.917. The fourth-order valence-electron chi connectivity index (χ4n) is 2.79. The molecule has 2 heterocycles. The smallest absolute Gasteiger partial charge is 0.341 e. The molecule has 2 saturated heterocycles. The van der Waals surface area contributed by atoms with Crippen molar-refractivity contribution in [3.8, 4) is 0 Å². The summed E-state index contributed by atoms with van der Waals surface area (Å²) < 4.78 is 39.9. The molecule has 19 heavy (non-hydrogen) atoms. The van der Waals surface area contributed by atoms with Crippen molar-refractivity contribution in [1.29, 1.82) is 0 Å². The molecule has 2 aliphatic heterocycles. The Bertz CT molecular complexity index is 340. The predicted octanol–water partition coefficient (Wildman–Crippen LogP) is 0.692. The van der Waals surface area contributed by atoms with E-state index in [0.29, 0.717) is 19.6 Å². The number of carbonyl (C=O) groups excluding carboxylic acids is 1. The van der Waals surface area contributed by atoms with Crippen molar-refractivity contribution in [2.45, 2.75) is 19.0 Å². The van der Waals surface area contributed by atoms with Gasteiger partial charge in [-0.15, -0.1) is 0 Å². The average molecular weight is 279 g/mol. The van der Waals surface area contributed by atoms with Crippen LogP contribution in [-0.2, 0) is 4.79 Å². The van der Waals surface area contributed by atoms with Crippen LogP contribution >= 0.6 is 0 Å². The van der Waals surface area contributed by atoms with Crippen molar-refractivity contribution < 1.29 is 18.0 Å². The predicted molar refractivity (Wildman–Crippen MR) is 64.7 cm³/mol. The largest absolute Gasteiger partial charge is 0.404 e. The topological polar surface area (TPSA) is 35.6 Å². The average Bonchev–Trinajstić information content (AvgIpc) is 2.73. The van der Waals surface area contributed by atoms with E-state index in [9.17, 15) is 18.0 Å². The van der Waals surface area contributed by atoms with Crippen molar-refractivity contribution in [1.82, 2.24) is 15.1 Å². The third-order valence-corrected chi connectivity index (χ3v) is 4.11. The van der Waals surface area contributed by atoms with Gasteiger partial charge in [0.1, 0.15) is 0 Å². The second kappa shape index (κ2) is 5.28. The van der Waals surface area contributed by atoms with Crippen molar-refractivity contribution >= 4 is 5.91 Å². The second-order valence-corrected chi connectivity index (χ2v) is 5.46. The summed E-state index contributed by atoms with van der Waals surface area (Å²) in [6, 6.07) is 0. The molecule has 0 aliphatic carbocycles. The van der Waals surface area contributed by atoms with Crippen LogP contribution in [0.2, 0.25) is 0 Å². The maximum absolute atomic E-state index is 13.3. The summed E-state index contributed by atoms with van der Waals surface area (Å²) in [7, 11) is 1.92. The Morgan fingerprint density at radius 3 is 2.53 bits per heavy atom. The first-order valence-corrected chi connectivity index (χ1v) is 6.62.